The molecule has 1 saturated heterocycles. The first-order valence-corrected chi connectivity index (χ1v) is 9.00. The van der Waals surface area contributed by atoms with Gasteiger partial charge in [-0.15, -0.1) is 0 Å². The Morgan fingerprint density at radius 1 is 1.32 bits per heavy atom. The lowest BCUT2D eigenvalue weighted by atomic mass is 10.1. The molecule has 3 rings (SSSR count). The van der Waals surface area contributed by atoms with Crippen LogP contribution in [0.4, 0.5) is 5.88 Å². The predicted octanol–water partition coefficient (Wildman–Crippen LogP) is 1.85. The molecule has 0 spiro atoms. The molecule has 7 heteroatoms. The molecule has 0 aromatic carbocycles. The third kappa shape index (κ3) is 4.13. The number of hydrogen-bond donors (Lipinski definition) is 1. The van der Waals surface area contributed by atoms with Gasteiger partial charge < -0.3 is 14.6 Å². The third-order valence-electron chi connectivity index (χ3n) is 4.69. The smallest absolute Gasteiger partial charge is 0.237 e. The van der Waals surface area contributed by atoms with Crippen LogP contribution < -0.4 is 10.2 Å². The van der Waals surface area contributed by atoms with Crippen molar-refractivity contribution in [2.75, 3.05) is 31.1 Å². The van der Waals surface area contributed by atoms with Gasteiger partial charge in [0, 0.05) is 37.6 Å². The molecule has 1 aliphatic carbocycles. The minimum absolute atomic E-state index is 0.0503. The molecule has 1 aliphatic heterocycles. The second-order valence-corrected chi connectivity index (χ2v) is 8.03. The number of carbonyl (C=O) groups is 1. The quantitative estimate of drug-likeness (QED) is 0.896. The molecule has 2 aliphatic rings. The van der Waals surface area contributed by atoms with Gasteiger partial charge >= 0.3 is 0 Å². The Balaban J connectivity index is 1.60. The Kier molecular flexibility index (Phi) is 4.74. The SMILES string of the molecule is C[C@H](C(=O)NC(C)(C)C)N1CCN(c2oc(C3CC3)nc2C#N)CC1. The molecule has 1 atom stereocenters. The standard InChI is InChI=1S/C18H27N5O2/c1-12(15(24)21-18(2,3)4)22-7-9-23(10-8-22)17-14(11-19)20-16(25-17)13-5-6-13/h12-13H,5-10H2,1-4H3,(H,21,24)/t12-/m1/s1. The van der Waals surface area contributed by atoms with Crippen LogP contribution in [0.5, 0.6) is 0 Å². The Morgan fingerprint density at radius 2 is 1.96 bits per heavy atom. The zero-order valence-electron chi connectivity index (χ0n) is 15.5. The molecule has 136 valence electrons. The van der Waals surface area contributed by atoms with E-state index in [-0.39, 0.29) is 17.5 Å². The lowest BCUT2D eigenvalue weighted by Crippen LogP contribution is -2.56. The third-order valence-corrected chi connectivity index (χ3v) is 4.69. The van der Waals surface area contributed by atoms with Gasteiger partial charge in [-0.2, -0.15) is 5.26 Å². The van der Waals surface area contributed by atoms with Gasteiger partial charge in [-0.3, -0.25) is 9.69 Å². The minimum atomic E-state index is -0.228. The maximum absolute atomic E-state index is 12.4. The number of nitriles is 1. The number of hydrogen-bond acceptors (Lipinski definition) is 6. The Morgan fingerprint density at radius 3 is 2.48 bits per heavy atom. The van der Waals surface area contributed by atoms with Gasteiger partial charge in [0.1, 0.15) is 6.07 Å². The zero-order chi connectivity index (χ0) is 18.2. The second kappa shape index (κ2) is 6.68. The van der Waals surface area contributed by atoms with Crippen LogP contribution in [-0.4, -0.2) is 53.6 Å². The lowest BCUT2D eigenvalue weighted by molar-refractivity contribution is -0.127. The van der Waals surface area contributed by atoms with Gasteiger partial charge in [-0.25, -0.2) is 4.98 Å². The second-order valence-electron chi connectivity index (χ2n) is 8.03. The van der Waals surface area contributed by atoms with Gasteiger partial charge in [-0.1, -0.05) is 0 Å². The summed E-state index contributed by atoms with van der Waals surface area (Å²) in [5.41, 5.74) is 0.155. The predicted molar refractivity (Wildman–Crippen MR) is 94.3 cm³/mol. The average Bonchev–Trinajstić information content (AvgIpc) is 3.32. The first-order chi connectivity index (χ1) is 11.8. The Hall–Kier alpha value is -2.07. The Bertz CT molecular complexity index is 673. The lowest BCUT2D eigenvalue weighted by Gasteiger charge is -2.38. The number of anilines is 1. The molecule has 1 aromatic heterocycles. The Labute approximate surface area is 149 Å². The highest BCUT2D eigenvalue weighted by Gasteiger charge is 2.33. The van der Waals surface area contributed by atoms with Crippen molar-refractivity contribution in [2.45, 2.75) is 58.0 Å². The van der Waals surface area contributed by atoms with E-state index in [0.717, 1.165) is 39.0 Å². The van der Waals surface area contributed by atoms with Crippen LogP contribution in [0.3, 0.4) is 0 Å². The van der Waals surface area contributed by atoms with Gasteiger partial charge in [0.15, 0.2) is 0 Å². The molecule has 7 nitrogen and oxygen atoms in total. The van der Waals surface area contributed by atoms with Crippen LogP contribution in [0.2, 0.25) is 0 Å². The zero-order valence-corrected chi connectivity index (χ0v) is 15.5. The maximum Gasteiger partial charge on any atom is 0.237 e. The molecular weight excluding hydrogens is 318 g/mol. The van der Waals surface area contributed by atoms with Crippen molar-refractivity contribution in [3.05, 3.63) is 11.6 Å². The molecule has 0 unspecified atom stereocenters. The number of nitrogens with one attached hydrogen (secondary N) is 1. The van der Waals surface area contributed by atoms with E-state index in [9.17, 15) is 10.1 Å². The summed E-state index contributed by atoms with van der Waals surface area (Å²) >= 11 is 0. The number of oxazole rings is 1. The number of piperazine rings is 1. The summed E-state index contributed by atoms with van der Waals surface area (Å²) in [5, 5.41) is 12.4. The van der Waals surface area contributed by atoms with Gasteiger partial charge in [0.2, 0.25) is 23.4 Å². The van der Waals surface area contributed by atoms with Crippen molar-refractivity contribution in [2.24, 2.45) is 0 Å². The van der Waals surface area contributed by atoms with Gasteiger partial charge in [0.05, 0.1) is 6.04 Å². The fourth-order valence-electron chi connectivity index (χ4n) is 3.07. The van der Waals surface area contributed by atoms with Crippen molar-refractivity contribution in [3.63, 3.8) is 0 Å². The van der Waals surface area contributed by atoms with E-state index in [1.165, 1.54) is 0 Å². The molecule has 2 fully saturated rings. The molecule has 1 saturated carbocycles. The van der Waals surface area contributed by atoms with Gasteiger partial charge in [-0.05, 0) is 40.5 Å². The average molecular weight is 345 g/mol. The molecule has 1 N–H and O–H groups in total. The van der Waals surface area contributed by atoms with Crippen molar-refractivity contribution in [1.29, 1.82) is 5.26 Å². The summed E-state index contributed by atoms with van der Waals surface area (Å²) in [6, 6.07) is 1.98. The normalized spacial score (nSPS) is 20.2. The van der Waals surface area contributed by atoms with Crippen LogP contribution in [0.1, 0.15) is 58.0 Å². The van der Waals surface area contributed by atoms with E-state index in [0.29, 0.717) is 23.4 Å². The summed E-state index contributed by atoms with van der Waals surface area (Å²) in [6.07, 6.45) is 2.19. The van der Waals surface area contributed by atoms with Crippen LogP contribution in [-0.2, 0) is 4.79 Å². The van der Waals surface area contributed by atoms with Crippen molar-refractivity contribution < 1.29 is 9.21 Å². The number of aromatic nitrogens is 1. The van der Waals surface area contributed by atoms with Crippen molar-refractivity contribution in [3.8, 4) is 6.07 Å². The van der Waals surface area contributed by atoms with Crippen LogP contribution in [0, 0.1) is 11.3 Å². The first kappa shape index (κ1) is 17.7. The summed E-state index contributed by atoms with van der Waals surface area (Å²) in [6.45, 7) is 10.9. The van der Waals surface area contributed by atoms with Crippen LogP contribution in [0.25, 0.3) is 0 Å². The highest BCUT2D eigenvalue weighted by Crippen LogP contribution is 2.41. The van der Waals surface area contributed by atoms with E-state index < -0.39 is 0 Å². The topological polar surface area (TPSA) is 85.4 Å². The van der Waals surface area contributed by atoms with Crippen molar-refractivity contribution >= 4 is 11.8 Å². The number of carbonyl (C=O) groups excluding carboxylic acids is 1. The molecule has 0 radical (unpaired) electrons. The summed E-state index contributed by atoms with van der Waals surface area (Å²) in [5.74, 6) is 1.74. The molecule has 2 heterocycles. The van der Waals surface area contributed by atoms with E-state index in [2.05, 4.69) is 26.2 Å². The number of amides is 1. The molecule has 0 bridgehead atoms. The molecular formula is C18H27N5O2. The van der Waals surface area contributed by atoms with Crippen LogP contribution in [0.15, 0.2) is 4.42 Å². The summed E-state index contributed by atoms with van der Waals surface area (Å²) in [7, 11) is 0. The van der Waals surface area contributed by atoms with E-state index in [1.807, 2.05) is 27.7 Å². The van der Waals surface area contributed by atoms with E-state index >= 15 is 0 Å². The number of rotatable bonds is 4. The monoisotopic (exact) mass is 345 g/mol. The highest BCUT2D eigenvalue weighted by molar-refractivity contribution is 5.82. The first-order valence-electron chi connectivity index (χ1n) is 9.00. The minimum Gasteiger partial charge on any atom is -0.423 e. The van der Waals surface area contributed by atoms with E-state index in [4.69, 9.17) is 4.42 Å². The summed E-state index contributed by atoms with van der Waals surface area (Å²) in [4.78, 5) is 20.9. The highest BCUT2D eigenvalue weighted by atomic mass is 16.4. The molecule has 25 heavy (non-hydrogen) atoms. The summed E-state index contributed by atoms with van der Waals surface area (Å²) < 4.78 is 5.87. The number of nitrogens with zero attached hydrogens (tertiary/aromatic N) is 4. The fraction of sp³-hybridized carbons (Fsp3) is 0.722. The fourth-order valence-corrected chi connectivity index (χ4v) is 3.07. The van der Waals surface area contributed by atoms with Crippen LogP contribution >= 0.6 is 0 Å². The molecule has 1 amide bonds. The van der Waals surface area contributed by atoms with Crippen molar-refractivity contribution in [1.82, 2.24) is 15.2 Å². The van der Waals surface area contributed by atoms with E-state index in [1.54, 1.807) is 0 Å². The largest absolute Gasteiger partial charge is 0.423 e. The maximum atomic E-state index is 12.4. The van der Waals surface area contributed by atoms with Gasteiger partial charge in [0.25, 0.3) is 0 Å². The molecule has 1 aromatic rings.